The lowest BCUT2D eigenvalue weighted by Crippen LogP contribution is -2.26. The highest BCUT2D eigenvalue weighted by molar-refractivity contribution is 6.08. The third-order valence-electron chi connectivity index (χ3n) is 5.52. The van der Waals surface area contributed by atoms with Crippen molar-refractivity contribution in [1.82, 2.24) is 4.57 Å². The van der Waals surface area contributed by atoms with Crippen LogP contribution in [0.2, 0.25) is 0 Å². The summed E-state index contributed by atoms with van der Waals surface area (Å²) in [6.45, 7) is 0. The molecule has 2 heteroatoms. The minimum absolute atomic E-state index is 0.0824. The Bertz CT molecular complexity index is 1160. The van der Waals surface area contributed by atoms with E-state index < -0.39 is 0 Å². The standard InChI is InChI=1S/C23H19NO/c25-23-10-3-4-15-24(23)22-9-5-8-18-20-12-11-16-6-1-2-7-17(16)19(20)13-14-21(18)22/h1-4,6-7,10-15,22H,5,8-9H2. The van der Waals surface area contributed by atoms with E-state index in [0.29, 0.717) is 0 Å². The van der Waals surface area contributed by atoms with Gasteiger partial charge in [-0.05, 0) is 58.0 Å². The predicted molar refractivity (Wildman–Crippen MR) is 103 cm³/mol. The third kappa shape index (κ3) is 2.21. The van der Waals surface area contributed by atoms with Crippen LogP contribution in [0.4, 0.5) is 0 Å². The first-order chi connectivity index (χ1) is 12.3. The van der Waals surface area contributed by atoms with E-state index in [1.807, 2.05) is 22.9 Å². The van der Waals surface area contributed by atoms with Crippen LogP contribution in [0, 0.1) is 0 Å². The molecule has 1 aliphatic carbocycles. The van der Waals surface area contributed by atoms with Crippen molar-refractivity contribution in [2.45, 2.75) is 25.3 Å². The topological polar surface area (TPSA) is 22.0 Å². The Morgan fingerprint density at radius 3 is 2.56 bits per heavy atom. The van der Waals surface area contributed by atoms with Crippen molar-refractivity contribution in [2.24, 2.45) is 0 Å². The maximum Gasteiger partial charge on any atom is 0.251 e. The molecule has 1 aliphatic rings. The molecule has 2 nitrogen and oxygen atoms in total. The van der Waals surface area contributed by atoms with Crippen LogP contribution in [-0.4, -0.2) is 4.57 Å². The van der Waals surface area contributed by atoms with E-state index in [2.05, 4.69) is 48.5 Å². The summed E-state index contributed by atoms with van der Waals surface area (Å²) in [5, 5.41) is 5.24. The molecule has 0 radical (unpaired) electrons. The summed E-state index contributed by atoms with van der Waals surface area (Å²) in [7, 11) is 0. The normalized spacial score (nSPS) is 16.9. The molecular formula is C23H19NO. The fourth-order valence-corrected chi connectivity index (χ4v) is 4.37. The van der Waals surface area contributed by atoms with Crippen LogP contribution < -0.4 is 5.56 Å². The lowest BCUT2D eigenvalue weighted by atomic mass is 9.83. The van der Waals surface area contributed by atoms with Crippen LogP contribution in [0.25, 0.3) is 21.5 Å². The fourth-order valence-electron chi connectivity index (χ4n) is 4.37. The van der Waals surface area contributed by atoms with Gasteiger partial charge in [-0.1, -0.05) is 54.6 Å². The molecule has 1 unspecified atom stereocenters. The van der Waals surface area contributed by atoms with Crippen molar-refractivity contribution in [3.05, 3.63) is 94.4 Å². The van der Waals surface area contributed by atoms with Crippen molar-refractivity contribution >= 4 is 21.5 Å². The van der Waals surface area contributed by atoms with E-state index in [1.165, 1.54) is 32.7 Å². The summed E-state index contributed by atoms with van der Waals surface area (Å²) in [5.74, 6) is 0. The van der Waals surface area contributed by atoms with Gasteiger partial charge < -0.3 is 4.57 Å². The van der Waals surface area contributed by atoms with Crippen molar-refractivity contribution in [2.75, 3.05) is 0 Å². The van der Waals surface area contributed by atoms with E-state index in [1.54, 1.807) is 6.07 Å². The van der Waals surface area contributed by atoms with Crippen LogP contribution in [0.1, 0.15) is 30.0 Å². The van der Waals surface area contributed by atoms with Gasteiger partial charge in [0.2, 0.25) is 0 Å². The lowest BCUT2D eigenvalue weighted by Gasteiger charge is -2.28. The molecule has 0 saturated heterocycles. The van der Waals surface area contributed by atoms with Gasteiger partial charge in [-0.3, -0.25) is 4.79 Å². The molecule has 0 saturated carbocycles. The van der Waals surface area contributed by atoms with Gasteiger partial charge in [-0.2, -0.15) is 0 Å². The first kappa shape index (κ1) is 14.5. The van der Waals surface area contributed by atoms with E-state index in [9.17, 15) is 4.79 Å². The van der Waals surface area contributed by atoms with Crippen LogP contribution in [0.15, 0.2) is 77.7 Å². The highest BCUT2D eigenvalue weighted by atomic mass is 16.1. The zero-order valence-corrected chi connectivity index (χ0v) is 14.0. The maximum atomic E-state index is 12.3. The molecule has 0 N–H and O–H groups in total. The van der Waals surface area contributed by atoms with Crippen molar-refractivity contribution in [1.29, 1.82) is 0 Å². The largest absolute Gasteiger partial charge is 0.308 e. The molecule has 0 bridgehead atoms. The zero-order valence-electron chi connectivity index (χ0n) is 14.0. The van der Waals surface area contributed by atoms with Gasteiger partial charge in [0, 0.05) is 12.3 Å². The Balaban J connectivity index is 1.78. The van der Waals surface area contributed by atoms with Gasteiger partial charge >= 0.3 is 0 Å². The average Bonchev–Trinajstić information content (AvgIpc) is 2.67. The zero-order chi connectivity index (χ0) is 16.8. The smallest absolute Gasteiger partial charge is 0.251 e. The molecule has 25 heavy (non-hydrogen) atoms. The summed E-state index contributed by atoms with van der Waals surface area (Å²) < 4.78 is 1.89. The third-order valence-corrected chi connectivity index (χ3v) is 5.52. The molecule has 4 aromatic rings. The summed E-state index contributed by atoms with van der Waals surface area (Å²) >= 11 is 0. The number of benzene rings is 3. The van der Waals surface area contributed by atoms with Crippen molar-refractivity contribution in [3.63, 3.8) is 0 Å². The lowest BCUT2D eigenvalue weighted by molar-refractivity contribution is 0.480. The predicted octanol–water partition coefficient (Wildman–Crippen LogP) is 5.08. The number of nitrogens with zero attached hydrogens (tertiary/aromatic N) is 1. The Labute approximate surface area is 146 Å². The molecule has 1 atom stereocenters. The highest BCUT2D eigenvalue weighted by Crippen LogP contribution is 2.38. The maximum absolute atomic E-state index is 12.3. The average molecular weight is 325 g/mol. The molecule has 0 amide bonds. The molecule has 122 valence electrons. The molecule has 1 aromatic heterocycles. The number of pyridine rings is 1. The molecular weight excluding hydrogens is 306 g/mol. The van der Waals surface area contributed by atoms with Gasteiger partial charge in [0.15, 0.2) is 0 Å². The van der Waals surface area contributed by atoms with Crippen molar-refractivity contribution in [3.8, 4) is 0 Å². The number of rotatable bonds is 1. The quantitative estimate of drug-likeness (QED) is 0.447. The number of aromatic nitrogens is 1. The number of fused-ring (bicyclic) bond motifs is 5. The van der Waals surface area contributed by atoms with Gasteiger partial charge in [-0.15, -0.1) is 0 Å². The fraction of sp³-hybridized carbons (Fsp3) is 0.174. The van der Waals surface area contributed by atoms with Crippen LogP contribution in [0.3, 0.4) is 0 Å². The van der Waals surface area contributed by atoms with E-state index in [0.717, 1.165) is 19.3 Å². The van der Waals surface area contributed by atoms with Crippen molar-refractivity contribution < 1.29 is 0 Å². The second-order valence-electron chi connectivity index (χ2n) is 6.87. The van der Waals surface area contributed by atoms with Crippen LogP contribution in [-0.2, 0) is 6.42 Å². The second-order valence-corrected chi connectivity index (χ2v) is 6.87. The Kier molecular flexibility index (Phi) is 3.24. The monoisotopic (exact) mass is 325 g/mol. The Morgan fingerprint density at radius 1 is 0.800 bits per heavy atom. The van der Waals surface area contributed by atoms with E-state index in [-0.39, 0.29) is 11.6 Å². The summed E-state index contributed by atoms with van der Waals surface area (Å²) in [6, 6.07) is 23.1. The number of hydrogen-bond acceptors (Lipinski definition) is 1. The molecule has 1 heterocycles. The molecule has 0 aliphatic heterocycles. The minimum Gasteiger partial charge on any atom is -0.308 e. The van der Waals surface area contributed by atoms with E-state index >= 15 is 0 Å². The first-order valence-electron chi connectivity index (χ1n) is 8.93. The van der Waals surface area contributed by atoms with Gasteiger partial charge in [0.05, 0.1) is 6.04 Å². The SMILES string of the molecule is O=c1ccccn1C1CCCc2c1ccc1c2ccc2ccccc21. The van der Waals surface area contributed by atoms with Gasteiger partial charge in [-0.25, -0.2) is 0 Å². The summed E-state index contributed by atoms with van der Waals surface area (Å²) in [4.78, 5) is 12.3. The molecule has 3 aromatic carbocycles. The summed E-state index contributed by atoms with van der Waals surface area (Å²) in [6.07, 6.45) is 5.15. The molecule has 0 fully saturated rings. The molecule has 0 spiro atoms. The van der Waals surface area contributed by atoms with Crippen LogP contribution in [0.5, 0.6) is 0 Å². The number of hydrogen-bond donors (Lipinski definition) is 0. The number of aryl methyl sites for hydroxylation is 1. The Hall–Kier alpha value is -2.87. The van der Waals surface area contributed by atoms with Gasteiger partial charge in [0.25, 0.3) is 5.56 Å². The Morgan fingerprint density at radius 2 is 1.64 bits per heavy atom. The van der Waals surface area contributed by atoms with E-state index in [4.69, 9.17) is 0 Å². The van der Waals surface area contributed by atoms with Crippen LogP contribution >= 0.6 is 0 Å². The first-order valence-corrected chi connectivity index (χ1v) is 8.93. The second kappa shape index (κ2) is 5.59. The molecule has 5 rings (SSSR count). The minimum atomic E-state index is 0.0824. The van der Waals surface area contributed by atoms with Gasteiger partial charge in [0.1, 0.15) is 0 Å². The highest BCUT2D eigenvalue weighted by Gasteiger charge is 2.23. The summed E-state index contributed by atoms with van der Waals surface area (Å²) in [5.41, 5.74) is 2.80.